The number of ketones is 1. The van der Waals surface area contributed by atoms with Gasteiger partial charge in [0.2, 0.25) is 0 Å². The molecule has 1 atom stereocenters. The Morgan fingerprint density at radius 2 is 2.13 bits per heavy atom. The topological polar surface area (TPSA) is 26.3 Å². The molecule has 1 unspecified atom stereocenters. The van der Waals surface area contributed by atoms with Crippen LogP contribution in [-0.2, 0) is 4.74 Å². The van der Waals surface area contributed by atoms with E-state index in [0.29, 0.717) is 6.42 Å². The van der Waals surface area contributed by atoms with Gasteiger partial charge in [0.15, 0.2) is 5.78 Å². The van der Waals surface area contributed by atoms with Crippen LogP contribution in [0, 0.1) is 6.92 Å². The molecule has 1 aliphatic heterocycles. The third-order valence-corrected chi connectivity index (χ3v) is 2.81. The average molecular weight is 204 g/mol. The first-order chi connectivity index (χ1) is 7.25. The van der Waals surface area contributed by atoms with Gasteiger partial charge in [0.1, 0.15) is 0 Å². The molecular formula is C13H16O2. The lowest BCUT2D eigenvalue weighted by Gasteiger charge is -2.07. The first-order valence-electron chi connectivity index (χ1n) is 5.47. The van der Waals surface area contributed by atoms with Gasteiger partial charge in [-0.25, -0.2) is 0 Å². The Kier molecular flexibility index (Phi) is 3.17. The van der Waals surface area contributed by atoms with Gasteiger partial charge >= 0.3 is 0 Å². The Labute approximate surface area is 90.3 Å². The molecule has 0 aromatic heterocycles. The Bertz CT molecular complexity index is 334. The predicted molar refractivity (Wildman–Crippen MR) is 59.1 cm³/mol. The molecule has 0 bridgehead atoms. The monoisotopic (exact) mass is 204 g/mol. The van der Waals surface area contributed by atoms with Crippen LogP contribution < -0.4 is 0 Å². The molecule has 0 saturated carbocycles. The van der Waals surface area contributed by atoms with Crippen LogP contribution in [0.2, 0.25) is 0 Å². The van der Waals surface area contributed by atoms with Crippen LogP contribution in [0.1, 0.15) is 35.2 Å². The largest absolute Gasteiger partial charge is 0.378 e. The zero-order valence-electron chi connectivity index (χ0n) is 9.03. The molecule has 15 heavy (non-hydrogen) atoms. The maximum absolute atomic E-state index is 11.8. The molecule has 1 heterocycles. The fourth-order valence-corrected chi connectivity index (χ4v) is 1.87. The minimum atomic E-state index is 0.152. The van der Waals surface area contributed by atoms with Gasteiger partial charge in [0.25, 0.3) is 0 Å². The van der Waals surface area contributed by atoms with Crippen molar-refractivity contribution in [2.75, 3.05) is 6.61 Å². The maximum Gasteiger partial charge on any atom is 0.165 e. The van der Waals surface area contributed by atoms with Crippen LogP contribution in [0.3, 0.4) is 0 Å². The number of Topliss-reactive ketones (excluding diaryl/α,β-unsaturated/α-hetero) is 1. The SMILES string of the molecule is Cc1ccc(C(=O)CC2CCCO2)cc1. The summed E-state index contributed by atoms with van der Waals surface area (Å²) in [7, 11) is 0. The van der Waals surface area contributed by atoms with Crippen LogP contribution >= 0.6 is 0 Å². The van der Waals surface area contributed by atoms with Crippen molar-refractivity contribution in [1.29, 1.82) is 0 Å². The van der Waals surface area contributed by atoms with Crippen molar-refractivity contribution < 1.29 is 9.53 Å². The standard InChI is InChI=1S/C13H16O2/c1-10-4-6-11(7-5-10)13(14)9-12-3-2-8-15-12/h4-7,12H,2-3,8-9H2,1H3. The third kappa shape index (κ3) is 2.66. The van der Waals surface area contributed by atoms with E-state index in [-0.39, 0.29) is 11.9 Å². The summed E-state index contributed by atoms with van der Waals surface area (Å²) in [5, 5.41) is 0. The van der Waals surface area contributed by atoms with Crippen molar-refractivity contribution in [3.05, 3.63) is 35.4 Å². The number of rotatable bonds is 3. The highest BCUT2D eigenvalue weighted by Gasteiger charge is 2.19. The summed E-state index contributed by atoms with van der Waals surface area (Å²) in [6.07, 6.45) is 2.80. The van der Waals surface area contributed by atoms with Crippen molar-refractivity contribution in [3.63, 3.8) is 0 Å². The molecule has 2 rings (SSSR count). The molecule has 0 radical (unpaired) electrons. The number of benzene rings is 1. The molecule has 2 heteroatoms. The minimum Gasteiger partial charge on any atom is -0.378 e. The summed E-state index contributed by atoms with van der Waals surface area (Å²) in [6.45, 7) is 2.83. The van der Waals surface area contributed by atoms with Gasteiger partial charge in [-0.1, -0.05) is 29.8 Å². The quantitative estimate of drug-likeness (QED) is 0.708. The minimum absolute atomic E-state index is 0.152. The van der Waals surface area contributed by atoms with Crippen molar-refractivity contribution in [2.45, 2.75) is 32.3 Å². The van der Waals surface area contributed by atoms with Crippen LogP contribution in [0.5, 0.6) is 0 Å². The van der Waals surface area contributed by atoms with E-state index in [4.69, 9.17) is 4.74 Å². The second-order valence-corrected chi connectivity index (χ2v) is 4.13. The van der Waals surface area contributed by atoms with E-state index in [1.54, 1.807) is 0 Å². The van der Waals surface area contributed by atoms with Gasteiger partial charge < -0.3 is 4.74 Å². The summed E-state index contributed by atoms with van der Waals surface area (Å²) in [5.74, 6) is 0.196. The molecule has 1 fully saturated rings. The Morgan fingerprint density at radius 1 is 1.40 bits per heavy atom. The number of ether oxygens (including phenoxy) is 1. The lowest BCUT2D eigenvalue weighted by atomic mass is 10.0. The van der Waals surface area contributed by atoms with Crippen molar-refractivity contribution >= 4 is 5.78 Å². The molecule has 80 valence electrons. The highest BCUT2D eigenvalue weighted by atomic mass is 16.5. The summed E-state index contributed by atoms with van der Waals surface area (Å²) < 4.78 is 5.45. The molecule has 0 spiro atoms. The van der Waals surface area contributed by atoms with Gasteiger partial charge in [-0.3, -0.25) is 4.79 Å². The van der Waals surface area contributed by atoms with E-state index in [9.17, 15) is 4.79 Å². The van der Waals surface area contributed by atoms with Crippen molar-refractivity contribution in [1.82, 2.24) is 0 Å². The maximum atomic E-state index is 11.8. The zero-order chi connectivity index (χ0) is 10.7. The second-order valence-electron chi connectivity index (χ2n) is 4.13. The van der Waals surface area contributed by atoms with Crippen LogP contribution in [0.25, 0.3) is 0 Å². The van der Waals surface area contributed by atoms with E-state index < -0.39 is 0 Å². The zero-order valence-corrected chi connectivity index (χ0v) is 9.03. The molecule has 1 aromatic carbocycles. The lowest BCUT2D eigenvalue weighted by molar-refractivity contribution is 0.0775. The van der Waals surface area contributed by atoms with Gasteiger partial charge in [0, 0.05) is 18.6 Å². The second kappa shape index (κ2) is 4.58. The fourth-order valence-electron chi connectivity index (χ4n) is 1.87. The fraction of sp³-hybridized carbons (Fsp3) is 0.462. The summed E-state index contributed by atoms with van der Waals surface area (Å²) in [4.78, 5) is 11.8. The normalized spacial score (nSPS) is 20.5. The first kappa shape index (κ1) is 10.4. The van der Waals surface area contributed by atoms with E-state index >= 15 is 0 Å². The summed E-state index contributed by atoms with van der Waals surface area (Å²) >= 11 is 0. The van der Waals surface area contributed by atoms with Crippen molar-refractivity contribution in [3.8, 4) is 0 Å². The lowest BCUT2D eigenvalue weighted by Crippen LogP contribution is -2.12. The number of carbonyl (C=O) groups excluding carboxylic acids is 1. The first-order valence-corrected chi connectivity index (χ1v) is 5.47. The molecule has 1 aliphatic rings. The highest BCUT2D eigenvalue weighted by molar-refractivity contribution is 5.96. The summed E-state index contributed by atoms with van der Waals surface area (Å²) in [6, 6.07) is 7.74. The third-order valence-electron chi connectivity index (χ3n) is 2.81. The Morgan fingerprint density at radius 3 is 2.73 bits per heavy atom. The van der Waals surface area contributed by atoms with Gasteiger partial charge in [-0.2, -0.15) is 0 Å². The number of hydrogen-bond donors (Lipinski definition) is 0. The van der Waals surface area contributed by atoms with Crippen molar-refractivity contribution in [2.24, 2.45) is 0 Å². The summed E-state index contributed by atoms with van der Waals surface area (Å²) in [5.41, 5.74) is 1.99. The number of aryl methyl sites for hydroxylation is 1. The number of hydrogen-bond acceptors (Lipinski definition) is 2. The van der Waals surface area contributed by atoms with E-state index in [2.05, 4.69) is 0 Å². The Hall–Kier alpha value is -1.15. The van der Waals surface area contributed by atoms with Crippen LogP contribution in [0.15, 0.2) is 24.3 Å². The average Bonchev–Trinajstić information content (AvgIpc) is 2.71. The van der Waals surface area contributed by atoms with E-state index in [1.807, 2.05) is 31.2 Å². The molecule has 1 aromatic rings. The van der Waals surface area contributed by atoms with E-state index in [1.165, 1.54) is 5.56 Å². The van der Waals surface area contributed by atoms with Gasteiger partial charge in [-0.05, 0) is 19.8 Å². The highest BCUT2D eigenvalue weighted by Crippen LogP contribution is 2.18. The molecule has 0 aliphatic carbocycles. The smallest absolute Gasteiger partial charge is 0.165 e. The van der Waals surface area contributed by atoms with Gasteiger partial charge in [-0.15, -0.1) is 0 Å². The molecule has 0 amide bonds. The molecule has 1 saturated heterocycles. The molecular weight excluding hydrogens is 188 g/mol. The van der Waals surface area contributed by atoms with Crippen LogP contribution in [0.4, 0.5) is 0 Å². The Balaban J connectivity index is 1.98. The van der Waals surface area contributed by atoms with Gasteiger partial charge in [0.05, 0.1) is 6.10 Å². The molecule has 0 N–H and O–H groups in total. The van der Waals surface area contributed by atoms with Crippen LogP contribution in [-0.4, -0.2) is 18.5 Å². The van der Waals surface area contributed by atoms with E-state index in [0.717, 1.165) is 25.0 Å². The number of carbonyl (C=O) groups is 1. The predicted octanol–water partition coefficient (Wildman–Crippen LogP) is 2.75. The molecule has 2 nitrogen and oxygen atoms in total.